The number of nitrogens with two attached hydrogens (primary N) is 1. The van der Waals surface area contributed by atoms with Gasteiger partial charge in [-0.2, -0.15) is 18.4 Å². The van der Waals surface area contributed by atoms with Crippen LogP contribution in [-0.4, -0.2) is 42.9 Å². The summed E-state index contributed by atoms with van der Waals surface area (Å²) in [6, 6.07) is 5.24. The van der Waals surface area contributed by atoms with E-state index in [1.165, 1.54) is 12.1 Å². The first-order valence-corrected chi connectivity index (χ1v) is 11.1. The van der Waals surface area contributed by atoms with E-state index >= 15 is 0 Å². The van der Waals surface area contributed by atoms with Crippen LogP contribution in [0.1, 0.15) is 43.2 Å². The van der Waals surface area contributed by atoms with Crippen molar-refractivity contribution in [3.05, 3.63) is 29.3 Å². The van der Waals surface area contributed by atoms with Gasteiger partial charge in [0, 0.05) is 38.3 Å². The van der Waals surface area contributed by atoms with Crippen LogP contribution in [0.5, 0.6) is 0 Å². The Morgan fingerprint density at radius 1 is 1.12 bits per heavy atom. The average molecular weight is 448 g/mol. The van der Waals surface area contributed by atoms with E-state index in [0.29, 0.717) is 37.7 Å². The Hall–Kier alpha value is -2.76. The van der Waals surface area contributed by atoms with E-state index in [4.69, 9.17) is 11.0 Å². The Morgan fingerprint density at radius 2 is 1.81 bits per heavy atom. The van der Waals surface area contributed by atoms with Crippen LogP contribution in [0.4, 0.5) is 18.9 Å². The molecule has 172 valence electrons. The molecule has 6 nitrogen and oxygen atoms in total. The number of carbonyl (C=O) groups excluding carboxylic acids is 2. The lowest BCUT2D eigenvalue weighted by Crippen LogP contribution is -2.42. The van der Waals surface area contributed by atoms with Crippen LogP contribution in [-0.2, 0) is 15.8 Å². The number of likely N-dealkylation sites (tertiary alicyclic amines) is 1. The molecule has 9 heteroatoms. The summed E-state index contributed by atoms with van der Waals surface area (Å²) >= 11 is 0. The first kappa shape index (κ1) is 22.4. The Kier molecular flexibility index (Phi) is 6.06. The Labute approximate surface area is 185 Å². The number of alkyl halides is 3. The Bertz CT molecular complexity index is 930. The number of anilines is 1. The molecule has 2 N–H and O–H groups in total. The normalized spacial score (nSPS) is 24.4. The fourth-order valence-electron chi connectivity index (χ4n) is 5.15. The predicted molar refractivity (Wildman–Crippen MR) is 111 cm³/mol. The lowest BCUT2D eigenvalue weighted by Gasteiger charge is -2.36. The topological polar surface area (TPSA) is 90.4 Å². The first-order chi connectivity index (χ1) is 15.2. The van der Waals surface area contributed by atoms with Gasteiger partial charge in [-0.15, -0.1) is 0 Å². The van der Waals surface area contributed by atoms with Gasteiger partial charge in [0.25, 0.3) is 0 Å². The second kappa shape index (κ2) is 8.64. The molecule has 2 amide bonds. The van der Waals surface area contributed by atoms with Crippen molar-refractivity contribution in [2.24, 2.45) is 29.4 Å². The number of primary amides is 1. The first-order valence-electron chi connectivity index (χ1n) is 11.1. The summed E-state index contributed by atoms with van der Waals surface area (Å²) < 4.78 is 40.2. The van der Waals surface area contributed by atoms with Gasteiger partial charge in [-0.1, -0.05) is 0 Å². The number of nitrogens with zero attached hydrogens (tertiary/aromatic N) is 3. The highest BCUT2D eigenvalue weighted by Crippen LogP contribution is 2.40. The molecule has 2 atom stereocenters. The zero-order valence-electron chi connectivity index (χ0n) is 17.8. The van der Waals surface area contributed by atoms with Gasteiger partial charge in [-0.3, -0.25) is 9.59 Å². The highest BCUT2D eigenvalue weighted by molar-refractivity contribution is 5.79. The fraction of sp³-hybridized carbons (Fsp3) is 0.609. The molecule has 2 saturated heterocycles. The van der Waals surface area contributed by atoms with Crippen LogP contribution in [0, 0.1) is 35.0 Å². The monoisotopic (exact) mass is 448 g/mol. The van der Waals surface area contributed by atoms with Crippen LogP contribution in [0.2, 0.25) is 0 Å². The third kappa shape index (κ3) is 4.69. The van der Waals surface area contributed by atoms with E-state index in [1.807, 2.05) is 4.90 Å². The molecule has 0 radical (unpaired) electrons. The summed E-state index contributed by atoms with van der Waals surface area (Å²) in [5.74, 6) is -0.0613. The molecule has 0 bridgehead atoms. The van der Waals surface area contributed by atoms with Crippen molar-refractivity contribution in [1.29, 1.82) is 5.26 Å². The van der Waals surface area contributed by atoms with Crippen molar-refractivity contribution in [3.8, 4) is 6.07 Å². The van der Waals surface area contributed by atoms with E-state index in [2.05, 4.69) is 0 Å². The molecule has 0 aromatic heterocycles. The van der Waals surface area contributed by atoms with Crippen molar-refractivity contribution in [2.75, 3.05) is 31.1 Å². The van der Waals surface area contributed by atoms with E-state index in [1.54, 1.807) is 11.0 Å². The number of nitriles is 1. The molecule has 0 unspecified atom stereocenters. The molecule has 4 rings (SSSR count). The third-order valence-corrected chi connectivity index (χ3v) is 7.18. The molecule has 1 aromatic rings. The van der Waals surface area contributed by atoms with Gasteiger partial charge in [0.05, 0.1) is 23.1 Å². The maximum absolute atomic E-state index is 13.4. The maximum Gasteiger partial charge on any atom is 0.417 e. The van der Waals surface area contributed by atoms with Crippen molar-refractivity contribution < 1.29 is 22.8 Å². The molecule has 2 heterocycles. The van der Waals surface area contributed by atoms with Crippen molar-refractivity contribution in [3.63, 3.8) is 0 Å². The summed E-state index contributed by atoms with van der Waals surface area (Å²) in [4.78, 5) is 28.2. The molecule has 32 heavy (non-hydrogen) atoms. The summed E-state index contributed by atoms with van der Waals surface area (Å²) in [6.07, 6.45) is -0.230. The van der Waals surface area contributed by atoms with E-state index in [9.17, 15) is 22.8 Å². The van der Waals surface area contributed by atoms with Crippen LogP contribution >= 0.6 is 0 Å². The molecule has 3 aliphatic rings. The molecule has 0 spiro atoms. The maximum atomic E-state index is 13.4. The second-order valence-corrected chi connectivity index (χ2v) is 9.28. The SMILES string of the molecule is N#Cc1ccc(N2C[C@@H](C(N)=O)[C@H](C3CCN(C(=O)CC4CC4)CC3)C2)cc1C(F)(F)F. The van der Waals surface area contributed by atoms with Crippen LogP contribution < -0.4 is 10.6 Å². The lowest BCUT2D eigenvalue weighted by atomic mass is 9.78. The smallest absolute Gasteiger partial charge is 0.370 e. The number of benzene rings is 1. The highest BCUT2D eigenvalue weighted by atomic mass is 19.4. The van der Waals surface area contributed by atoms with Crippen LogP contribution in [0.3, 0.4) is 0 Å². The molecule has 1 saturated carbocycles. The molecule has 3 fully saturated rings. The quantitative estimate of drug-likeness (QED) is 0.749. The number of rotatable bonds is 5. The van der Waals surface area contributed by atoms with Crippen molar-refractivity contribution in [2.45, 2.75) is 38.3 Å². The minimum atomic E-state index is -4.64. The Balaban J connectivity index is 1.46. The van der Waals surface area contributed by atoms with Crippen LogP contribution in [0.15, 0.2) is 18.2 Å². The molecular formula is C23H27F3N4O2. The van der Waals surface area contributed by atoms with E-state index in [0.717, 1.165) is 31.7 Å². The number of piperidine rings is 1. The van der Waals surface area contributed by atoms with Gasteiger partial charge in [-0.25, -0.2) is 0 Å². The lowest BCUT2D eigenvalue weighted by molar-refractivity contribution is -0.137. The molecular weight excluding hydrogens is 421 g/mol. The van der Waals surface area contributed by atoms with E-state index in [-0.39, 0.29) is 24.3 Å². The fourth-order valence-corrected chi connectivity index (χ4v) is 5.15. The zero-order valence-corrected chi connectivity index (χ0v) is 17.8. The summed E-state index contributed by atoms with van der Waals surface area (Å²) in [7, 11) is 0. The van der Waals surface area contributed by atoms with Crippen LogP contribution in [0.25, 0.3) is 0 Å². The highest BCUT2D eigenvalue weighted by Gasteiger charge is 2.43. The standard InChI is InChI=1S/C23H27F3N4O2/c24-23(25,26)20-10-17(4-3-16(20)11-27)30-12-18(19(13-30)22(28)32)15-5-7-29(8-6-15)21(31)9-14-1-2-14/h3-4,10,14-15,18-19H,1-2,5-9,12-13H2,(H2,28,32)/t18-,19+/m0/s1. The second-order valence-electron chi connectivity index (χ2n) is 9.28. The number of amides is 2. The molecule has 1 aliphatic carbocycles. The minimum Gasteiger partial charge on any atom is -0.370 e. The molecule has 1 aromatic carbocycles. The summed E-state index contributed by atoms with van der Waals surface area (Å²) in [6.45, 7) is 1.97. The largest absolute Gasteiger partial charge is 0.417 e. The summed E-state index contributed by atoms with van der Waals surface area (Å²) in [5, 5.41) is 9.02. The average Bonchev–Trinajstić information content (AvgIpc) is 3.46. The van der Waals surface area contributed by atoms with Gasteiger partial charge in [-0.05, 0) is 61.6 Å². The van der Waals surface area contributed by atoms with Crippen molar-refractivity contribution in [1.82, 2.24) is 4.90 Å². The molecule has 2 aliphatic heterocycles. The zero-order chi connectivity index (χ0) is 23.0. The Morgan fingerprint density at radius 3 is 2.38 bits per heavy atom. The number of halogens is 3. The van der Waals surface area contributed by atoms with Gasteiger partial charge in [0.2, 0.25) is 11.8 Å². The van der Waals surface area contributed by atoms with Gasteiger partial charge in [0.15, 0.2) is 0 Å². The predicted octanol–water partition coefficient (Wildman–Crippen LogP) is 3.15. The van der Waals surface area contributed by atoms with Gasteiger partial charge >= 0.3 is 6.18 Å². The minimum absolute atomic E-state index is 0.0711. The van der Waals surface area contributed by atoms with E-state index < -0.39 is 29.1 Å². The summed E-state index contributed by atoms with van der Waals surface area (Å²) in [5.41, 5.74) is 4.60. The number of hydrogen-bond acceptors (Lipinski definition) is 4. The number of hydrogen-bond donors (Lipinski definition) is 1. The third-order valence-electron chi connectivity index (χ3n) is 7.18. The van der Waals surface area contributed by atoms with Gasteiger partial charge in [0.1, 0.15) is 0 Å². The van der Waals surface area contributed by atoms with Gasteiger partial charge < -0.3 is 15.5 Å². The number of carbonyl (C=O) groups is 2. The van der Waals surface area contributed by atoms with Crippen molar-refractivity contribution >= 4 is 17.5 Å².